The van der Waals surface area contributed by atoms with E-state index in [9.17, 15) is 0 Å². The summed E-state index contributed by atoms with van der Waals surface area (Å²) >= 11 is 1.50. The number of nitrogens with one attached hydrogen (secondary N) is 1. The highest BCUT2D eigenvalue weighted by Crippen LogP contribution is 2.27. The Kier molecular flexibility index (Phi) is 4.76. The van der Waals surface area contributed by atoms with E-state index in [0.29, 0.717) is 28.1 Å². The number of pyridine rings is 1. The second kappa shape index (κ2) is 6.75. The van der Waals surface area contributed by atoms with Crippen LogP contribution in [0.15, 0.2) is 34.5 Å². The zero-order valence-electron chi connectivity index (χ0n) is 10.9. The fourth-order valence-electron chi connectivity index (χ4n) is 1.46. The van der Waals surface area contributed by atoms with Gasteiger partial charge in [0.25, 0.3) is 0 Å². The maximum atomic E-state index is 8.74. The molecule has 2 heterocycles. The summed E-state index contributed by atoms with van der Waals surface area (Å²) in [6, 6.07) is 5.43. The summed E-state index contributed by atoms with van der Waals surface area (Å²) in [7, 11) is 1.86. The Morgan fingerprint density at radius 1 is 1.40 bits per heavy atom. The lowest BCUT2D eigenvalue weighted by Gasteiger charge is -2.06. The smallest absolute Gasteiger partial charge is 0.184 e. The molecule has 6 nitrogen and oxygen atoms in total. The molecule has 100 valence electrons. The Labute approximate surface area is 121 Å². The van der Waals surface area contributed by atoms with Gasteiger partial charge in [-0.25, -0.2) is 19.9 Å². The van der Waals surface area contributed by atoms with Crippen LogP contribution < -0.4 is 5.32 Å². The lowest BCUT2D eigenvalue weighted by molar-refractivity contribution is 0.971. The van der Waals surface area contributed by atoms with Crippen molar-refractivity contribution >= 4 is 24.3 Å². The molecule has 0 atom stereocenters. The minimum atomic E-state index is 0.371. The standard InChI is InChI=1S/C13H12N6S/c1-15-8-20-13-12(16-2)18-7-11(19-13)9-3-4-10(5-14)17-6-9/h3-4,6-7,15H,2,8H2,1H3. The molecule has 0 aliphatic rings. The third kappa shape index (κ3) is 3.17. The molecule has 0 saturated carbocycles. The van der Waals surface area contributed by atoms with Gasteiger partial charge in [-0.15, -0.1) is 0 Å². The molecule has 2 aromatic heterocycles. The van der Waals surface area contributed by atoms with E-state index >= 15 is 0 Å². The highest BCUT2D eigenvalue weighted by Gasteiger charge is 2.08. The minimum Gasteiger partial charge on any atom is -0.311 e. The summed E-state index contributed by atoms with van der Waals surface area (Å²) in [5, 5.41) is 12.5. The molecule has 0 amide bonds. The fourth-order valence-corrected chi connectivity index (χ4v) is 2.15. The molecule has 1 N–H and O–H groups in total. The van der Waals surface area contributed by atoms with Crippen molar-refractivity contribution in [3.63, 3.8) is 0 Å². The van der Waals surface area contributed by atoms with Crippen LogP contribution in [0, 0.1) is 11.3 Å². The molecule has 0 aromatic carbocycles. The first kappa shape index (κ1) is 14.1. The summed E-state index contributed by atoms with van der Waals surface area (Å²) in [6.07, 6.45) is 3.23. The van der Waals surface area contributed by atoms with E-state index in [1.807, 2.05) is 13.1 Å². The lowest BCUT2D eigenvalue weighted by Crippen LogP contribution is -2.04. The maximum Gasteiger partial charge on any atom is 0.184 e. The summed E-state index contributed by atoms with van der Waals surface area (Å²) in [6.45, 7) is 3.49. The highest BCUT2D eigenvalue weighted by atomic mass is 32.2. The normalized spacial score (nSPS) is 10.0. The van der Waals surface area contributed by atoms with Crippen molar-refractivity contribution in [1.29, 1.82) is 5.26 Å². The van der Waals surface area contributed by atoms with Crippen molar-refractivity contribution in [2.75, 3.05) is 12.9 Å². The van der Waals surface area contributed by atoms with E-state index in [4.69, 9.17) is 5.26 Å². The van der Waals surface area contributed by atoms with Crippen LogP contribution in [0.25, 0.3) is 11.3 Å². The molecule has 2 rings (SSSR count). The molecule has 0 bridgehead atoms. The van der Waals surface area contributed by atoms with E-state index in [0.717, 1.165) is 5.56 Å². The summed E-state index contributed by atoms with van der Waals surface area (Å²) in [5.74, 6) is 1.21. The van der Waals surface area contributed by atoms with E-state index in [1.54, 1.807) is 24.5 Å². The van der Waals surface area contributed by atoms with Gasteiger partial charge in [-0.2, -0.15) is 5.26 Å². The number of aromatic nitrogens is 3. The Balaban J connectivity index is 2.36. The van der Waals surface area contributed by atoms with Crippen LogP contribution in [0.2, 0.25) is 0 Å². The SMILES string of the molecule is C=Nc1ncc(-c2ccc(C#N)nc2)nc1SCNC. The third-order valence-electron chi connectivity index (χ3n) is 2.40. The number of nitriles is 1. The second-order valence-corrected chi connectivity index (χ2v) is 4.69. The molecule has 0 fully saturated rings. The summed E-state index contributed by atoms with van der Waals surface area (Å²) in [4.78, 5) is 16.6. The van der Waals surface area contributed by atoms with E-state index in [2.05, 4.69) is 32.0 Å². The molecular weight excluding hydrogens is 272 g/mol. The molecule has 0 radical (unpaired) electrons. The van der Waals surface area contributed by atoms with Crippen LogP contribution in [0.4, 0.5) is 5.82 Å². The number of thioether (sulfide) groups is 1. The Morgan fingerprint density at radius 2 is 2.25 bits per heavy atom. The largest absolute Gasteiger partial charge is 0.311 e. The first-order valence-electron chi connectivity index (χ1n) is 5.76. The van der Waals surface area contributed by atoms with Crippen LogP contribution in [0.5, 0.6) is 0 Å². The van der Waals surface area contributed by atoms with Gasteiger partial charge in [0.15, 0.2) is 5.82 Å². The van der Waals surface area contributed by atoms with Gasteiger partial charge >= 0.3 is 0 Å². The van der Waals surface area contributed by atoms with Crippen molar-refractivity contribution in [3.05, 3.63) is 30.2 Å². The maximum absolute atomic E-state index is 8.74. The summed E-state index contributed by atoms with van der Waals surface area (Å²) in [5.41, 5.74) is 1.86. The topological polar surface area (TPSA) is 86.8 Å². The number of nitrogens with zero attached hydrogens (tertiary/aromatic N) is 5. The Bertz CT molecular complexity index is 647. The fraction of sp³-hybridized carbons (Fsp3) is 0.154. The predicted octanol–water partition coefficient (Wildman–Crippen LogP) is 2.01. The van der Waals surface area contributed by atoms with Gasteiger partial charge in [-0.05, 0) is 25.9 Å². The third-order valence-corrected chi connectivity index (χ3v) is 3.38. The van der Waals surface area contributed by atoms with Gasteiger partial charge in [0.2, 0.25) is 0 Å². The van der Waals surface area contributed by atoms with Gasteiger partial charge in [-0.3, -0.25) is 0 Å². The van der Waals surface area contributed by atoms with E-state index in [-0.39, 0.29) is 0 Å². The molecule has 2 aromatic rings. The van der Waals surface area contributed by atoms with Gasteiger partial charge < -0.3 is 5.32 Å². The first-order chi connectivity index (χ1) is 9.78. The molecule has 0 saturated heterocycles. The monoisotopic (exact) mass is 284 g/mol. The van der Waals surface area contributed by atoms with Crippen molar-refractivity contribution in [2.24, 2.45) is 4.99 Å². The van der Waals surface area contributed by atoms with Crippen LogP contribution in [0.1, 0.15) is 5.69 Å². The van der Waals surface area contributed by atoms with Crippen molar-refractivity contribution in [1.82, 2.24) is 20.3 Å². The highest BCUT2D eigenvalue weighted by molar-refractivity contribution is 7.99. The number of hydrogen-bond acceptors (Lipinski definition) is 7. The number of hydrogen-bond donors (Lipinski definition) is 1. The van der Waals surface area contributed by atoms with Crippen LogP contribution >= 0.6 is 11.8 Å². The van der Waals surface area contributed by atoms with Crippen molar-refractivity contribution in [3.8, 4) is 17.3 Å². The van der Waals surface area contributed by atoms with Crippen molar-refractivity contribution in [2.45, 2.75) is 5.03 Å². The zero-order chi connectivity index (χ0) is 14.4. The molecular formula is C13H12N6S. The Hall–Kier alpha value is -2.30. The predicted molar refractivity (Wildman–Crippen MR) is 79.0 cm³/mol. The molecule has 0 spiro atoms. The van der Waals surface area contributed by atoms with Crippen molar-refractivity contribution < 1.29 is 0 Å². The summed E-state index contributed by atoms with van der Waals surface area (Å²) < 4.78 is 0. The first-order valence-corrected chi connectivity index (χ1v) is 6.74. The van der Waals surface area contributed by atoms with Gasteiger partial charge in [-0.1, -0.05) is 11.8 Å². The van der Waals surface area contributed by atoms with Crippen LogP contribution in [-0.2, 0) is 0 Å². The van der Waals surface area contributed by atoms with E-state index in [1.165, 1.54) is 11.8 Å². The molecule has 0 unspecified atom stereocenters. The Morgan fingerprint density at radius 3 is 2.85 bits per heavy atom. The molecule has 7 heteroatoms. The molecule has 0 aliphatic heterocycles. The quantitative estimate of drug-likeness (QED) is 0.513. The minimum absolute atomic E-state index is 0.371. The van der Waals surface area contributed by atoms with Gasteiger partial charge in [0.05, 0.1) is 11.9 Å². The van der Waals surface area contributed by atoms with Crippen LogP contribution in [0.3, 0.4) is 0 Å². The molecule has 20 heavy (non-hydrogen) atoms. The van der Waals surface area contributed by atoms with Gasteiger partial charge in [0, 0.05) is 17.6 Å². The molecule has 0 aliphatic carbocycles. The number of rotatable bonds is 5. The average Bonchev–Trinajstić information content (AvgIpc) is 2.52. The second-order valence-electron chi connectivity index (χ2n) is 3.73. The number of aliphatic imine (C=N–C) groups is 1. The lowest BCUT2D eigenvalue weighted by atomic mass is 10.2. The van der Waals surface area contributed by atoms with Gasteiger partial charge in [0.1, 0.15) is 16.8 Å². The van der Waals surface area contributed by atoms with Crippen LogP contribution in [-0.4, -0.2) is 34.6 Å². The zero-order valence-corrected chi connectivity index (χ0v) is 11.7. The van der Waals surface area contributed by atoms with E-state index < -0.39 is 0 Å². The average molecular weight is 284 g/mol.